The van der Waals surface area contributed by atoms with Crippen LogP contribution in [0.3, 0.4) is 0 Å². The topological polar surface area (TPSA) is 83.6 Å². The summed E-state index contributed by atoms with van der Waals surface area (Å²) in [6.07, 6.45) is 5.16. The maximum atomic E-state index is 12.9. The number of rotatable bonds is 5. The highest BCUT2D eigenvalue weighted by molar-refractivity contribution is 7.90. The van der Waals surface area contributed by atoms with E-state index in [2.05, 4.69) is 5.32 Å². The van der Waals surface area contributed by atoms with Crippen molar-refractivity contribution in [2.45, 2.75) is 56.0 Å². The monoisotopic (exact) mass is 364 g/mol. The summed E-state index contributed by atoms with van der Waals surface area (Å²) in [5, 5.41) is 2.96. The number of carbonyl (C=O) groups excluding carboxylic acids is 2. The minimum Gasteiger partial charge on any atom is -0.352 e. The molecule has 1 aliphatic carbocycles. The normalized spacial score (nSPS) is 20.6. The largest absolute Gasteiger partial charge is 0.352 e. The molecule has 2 aliphatic rings. The van der Waals surface area contributed by atoms with Gasteiger partial charge in [-0.05, 0) is 49.8 Å². The van der Waals surface area contributed by atoms with E-state index < -0.39 is 15.9 Å². The van der Waals surface area contributed by atoms with Gasteiger partial charge in [-0.2, -0.15) is 0 Å². The molecule has 1 N–H and O–H groups in total. The van der Waals surface area contributed by atoms with E-state index in [1.165, 1.54) is 6.07 Å². The molecule has 25 heavy (non-hydrogen) atoms. The Morgan fingerprint density at radius 3 is 2.56 bits per heavy atom. The van der Waals surface area contributed by atoms with Gasteiger partial charge in [0, 0.05) is 24.4 Å². The number of likely N-dealkylation sites (tertiary alicyclic amines) is 1. The van der Waals surface area contributed by atoms with Crippen LogP contribution in [0.1, 0.15) is 48.5 Å². The quantitative estimate of drug-likeness (QED) is 0.859. The number of amides is 2. The van der Waals surface area contributed by atoms with E-state index in [0.717, 1.165) is 25.5 Å². The molecule has 2 fully saturated rings. The van der Waals surface area contributed by atoms with Gasteiger partial charge in [0.15, 0.2) is 9.84 Å². The molecule has 0 aromatic heterocycles. The van der Waals surface area contributed by atoms with E-state index in [-0.39, 0.29) is 22.8 Å². The number of carbonyl (C=O) groups is 2. The van der Waals surface area contributed by atoms with Gasteiger partial charge in [0.25, 0.3) is 5.91 Å². The molecule has 1 aliphatic heterocycles. The lowest BCUT2D eigenvalue weighted by molar-refractivity contribution is -0.125. The van der Waals surface area contributed by atoms with Crippen LogP contribution in [0.15, 0.2) is 23.1 Å². The van der Waals surface area contributed by atoms with Crippen LogP contribution in [-0.2, 0) is 21.1 Å². The highest BCUT2D eigenvalue weighted by Gasteiger charge is 2.37. The summed E-state index contributed by atoms with van der Waals surface area (Å²) < 4.78 is 24.0. The average Bonchev–Trinajstić information content (AvgIpc) is 3.24. The number of benzene rings is 1. The lowest BCUT2D eigenvalue weighted by Crippen LogP contribution is -2.46. The fourth-order valence-electron chi connectivity index (χ4n) is 3.30. The first-order chi connectivity index (χ1) is 11.8. The van der Waals surface area contributed by atoms with E-state index in [0.29, 0.717) is 30.5 Å². The Balaban J connectivity index is 1.85. The van der Waals surface area contributed by atoms with Gasteiger partial charge in [-0.1, -0.05) is 13.0 Å². The minimum atomic E-state index is -3.41. The molecule has 1 heterocycles. The van der Waals surface area contributed by atoms with Crippen molar-refractivity contribution in [2.75, 3.05) is 12.8 Å². The first-order valence-electron chi connectivity index (χ1n) is 8.75. The minimum absolute atomic E-state index is 0.0955. The second-order valence-electron chi connectivity index (χ2n) is 6.89. The summed E-state index contributed by atoms with van der Waals surface area (Å²) >= 11 is 0. The third-order valence-corrected chi connectivity index (χ3v) is 6.01. The Hall–Kier alpha value is -1.89. The maximum Gasteiger partial charge on any atom is 0.254 e. The van der Waals surface area contributed by atoms with Crippen molar-refractivity contribution in [3.05, 3.63) is 29.3 Å². The summed E-state index contributed by atoms with van der Waals surface area (Å²) in [4.78, 5) is 27.0. The molecule has 1 aromatic rings. The lowest BCUT2D eigenvalue weighted by Gasteiger charge is -2.24. The Morgan fingerprint density at radius 1 is 1.24 bits per heavy atom. The zero-order valence-electron chi connectivity index (χ0n) is 14.6. The molecule has 3 rings (SSSR count). The van der Waals surface area contributed by atoms with E-state index >= 15 is 0 Å². The van der Waals surface area contributed by atoms with Crippen molar-refractivity contribution >= 4 is 21.7 Å². The molecular weight excluding hydrogens is 340 g/mol. The molecule has 6 nitrogen and oxygen atoms in total. The van der Waals surface area contributed by atoms with Crippen LogP contribution in [0.5, 0.6) is 0 Å². The highest BCUT2D eigenvalue weighted by atomic mass is 32.2. The van der Waals surface area contributed by atoms with E-state index in [1.807, 2.05) is 6.92 Å². The van der Waals surface area contributed by atoms with Gasteiger partial charge in [-0.15, -0.1) is 0 Å². The fraction of sp³-hybridized carbons (Fsp3) is 0.556. The number of sulfone groups is 1. The van der Waals surface area contributed by atoms with Crippen LogP contribution in [0, 0.1) is 0 Å². The maximum absolute atomic E-state index is 12.9. The van der Waals surface area contributed by atoms with Crippen molar-refractivity contribution in [2.24, 2.45) is 0 Å². The van der Waals surface area contributed by atoms with Gasteiger partial charge in [0.05, 0.1) is 4.90 Å². The van der Waals surface area contributed by atoms with E-state index in [4.69, 9.17) is 0 Å². The molecule has 0 radical (unpaired) electrons. The number of nitrogens with zero attached hydrogens (tertiary/aromatic N) is 1. The van der Waals surface area contributed by atoms with E-state index in [9.17, 15) is 18.0 Å². The molecule has 7 heteroatoms. The molecule has 1 saturated heterocycles. The zero-order chi connectivity index (χ0) is 18.2. The summed E-state index contributed by atoms with van der Waals surface area (Å²) in [7, 11) is -3.41. The smallest absolute Gasteiger partial charge is 0.254 e. The molecule has 0 bridgehead atoms. The Kier molecular flexibility index (Phi) is 4.86. The van der Waals surface area contributed by atoms with Crippen LogP contribution in [0.25, 0.3) is 0 Å². The number of nitrogens with one attached hydrogen (secondary N) is 1. The number of hydrogen-bond donors (Lipinski definition) is 1. The van der Waals surface area contributed by atoms with Crippen molar-refractivity contribution < 1.29 is 18.0 Å². The molecule has 136 valence electrons. The predicted molar refractivity (Wildman–Crippen MR) is 94.2 cm³/mol. The molecule has 2 amide bonds. The summed E-state index contributed by atoms with van der Waals surface area (Å²) in [5.74, 6) is -0.372. The fourth-order valence-corrected chi connectivity index (χ4v) is 4.33. The predicted octanol–water partition coefficient (Wildman–Crippen LogP) is 1.54. The number of hydrogen-bond acceptors (Lipinski definition) is 4. The Morgan fingerprint density at radius 2 is 1.96 bits per heavy atom. The molecule has 0 spiro atoms. The summed E-state index contributed by atoms with van der Waals surface area (Å²) in [6.45, 7) is 2.40. The Bertz CT molecular complexity index is 799. The lowest BCUT2D eigenvalue weighted by atomic mass is 10.1. The molecule has 1 aromatic carbocycles. The van der Waals surface area contributed by atoms with Crippen LogP contribution in [0.4, 0.5) is 0 Å². The molecule has 1 atom stereocenters. The SMILES string of the molecule is CCc1ccc(C(=O)N2CCCC2C(=O)NC2CC2)cc1S(C)(=O)=O. The molecule has 1 saturated carbocycles. The van der Waals surface area contributed by atoms with Gasteiger partial charge < -0.3 is 10.2 Å². The Labute approximate surface area is 148 Å². The van der Waals surface area contributed by atoms with Crippen LogP contribution in [-0.4, -0.2) is 50.0 Å². The van der Waals surface area contributed by atoms with Crippen molar-refractivity contribution in [3.63, 3.8) is 0 Å². The van der Waals surface area contributed by atoms with Crippen LogP contribution in [0.2, 0.25) is 0 Å². The van der Waals surface area contributed by atoms with Gasteiger partial charge in [0.1, 0.15) is 6.04 Å². The second kappa shape index (κ2) is 6.78. The van der Waals surface area contributed by atoms with Crippen molar-refractivity contribution in [1.29, 1.82) is 0 Å². The second-order valence-corrected chi connectivity index (χ2v) is 8.87. The zero-order valence-corrected chi connectivity index (χ0v) is 15.4. The highest BCUT2D eigenvalue weighted by Crippen LogP contribution is 2.25. The van der Waals surface area contributed by atoms with Gasteiger partial charge in [-0.25, -0.2) is 8.42 Å². The first-order valence-corrected chi connectivity index (χ1v) is 10.6. The van der Waals surface area contributed by atoms with Gasteiger partial charge in [0.2, 0.25) is 5.91 Å². The molecule has 1 unspecified atom stereocenters. The third kappa shape index (κ3) is 3.86. The van der Waals surface area contributed by atoms with Gasteiger partial charge >= 0.3 is 0 Å². The number of aryl methyl sites for hydroxylation is 1. The molecular formula is C18H24N2O4S. The van der Waals surface area contributed by atoms with Gasteiger partial charge in [-0.3, -0.25) is 9.59 Å². The van der Waals surface area contributed by atoms with Crippen LogP contribution >= 0.6 is 0 Å². The standard InChI is InChI=1S/C18H24N2O4S/c1-3-12-6-7-13(11-16(12)25(2,23)24)18(22)20-10-4-5-15(20)17(21)19-14-8-9-14/h6-7,11,14-15H,3-5,8-10H2,1-2H3,(H,19,21). The van der Waals surface area contributed by atoms with Crippen molar-refractivity contribution in [3.8, 4) is 0 Å². The average molecular weight is 364 g/mol. The first kappa shape index (κ1) is 17.9. The summed E-state index contributed by atoms with van der Waals surface area (Å²) in [5.41, 5.74) is 1.02. The summed E-state index contributed by atoms with van der Waals surface area (Å²) in [6, 6.07) is 4.60. The third-order valence-electron chi connectivity index (χ3n) is 4.83. The van der Waals surface area contributed by atoms with Crippen molar-refractivity contribution in [1.82, 2.24) is 10.2 Å². The van der Waals surface area contributed by atoms with E-state index in [1.54, 1.807) is 17.0 Å². The van der Waals surface area contributed by atoms with Crippen LogP contribution < -0.4 is 5.32 Å².